The van der Waals surface area contributed by atoms with Gasteiger partial charge in [-0.3, -0.25) is 4.79 Å². The number of rotatable bonds is 0. The fraction of sp³-hybridized carbons (Fsp3) is 0.750. The third-order valence-electron chi connectivity index (χ3n) is 1.30. The summed E-state index contributed by atoms with van der Waals surface area (Å²) in [4.78, 5) is 10.1. The summed E-state index contributed by atoms with van der Waals surface area (Å²) < 4.78 is 4.79. The van der Waals surface area contributed by atoms with Gasteiger partial charge >= 0.3 is 0 Å². The zero-order chi connectivity index (χ0) is 4.15. The predicted octanol–water partition coefficient (Wildman–Crippen LogP) is -0.273. The predicted molar refractivity (Wildman–Crippen MR) is 18.3 cm³/mol. The van der Waals surface area contributed by atoms with E-state index in [0.29, 0.717) is 18.3 Å². The number of hydrogen-bond donors (Lipinski definition) is 0. The van der Waals surface area contributed by atoms with Crippen LogP contribution in [0.15, 0.2) is 0 Å². The monoisotopic (exact) mass is 84.0 g/mol. The van der Waals surface area contributed by atoms with E-state index in [4.69, 9.17) is 4.74 Å². The van der Waals surface area contributed by atoms with Gasteiger partial charge in [0.25, 0.3) is 0 Å². The van der Waals surface area contributed by atoms with E-state index in [9.17, 15) is 4.79 Å². The number of Topliss-reactive ketones (excluding diaryl/α,β-unsaturated/α-hetero) is 1. The zero-order valence-corrected chi connectivity index (χ0v) is 3.18. The van der Waals surface area contributed by atoms with Crippen molar-refractivity contribution in [2.75, 3.05) is 0 Å². The lowest BCUT2D eigenvalue weighted by molar-refractivity contribution is -0.121. The van der Waals surface area contributed by atoms with Crippen LogP contribution in [0.3, 0.4) is 0 Å². The molecule has 2 aliphatic rings. The minimum absolute atomic E-state index is 0.0602. The van der Waals surface area contributed by atoms with Crippen molar-refractivity contribution in [1.29, 1.82) is 0 Å². The second-order valence-electron chi connectivity index (χ2n) is 1.77. The Hall–Kier alpha value is -0.370. The second kappa shape index (κ2) is 0.540. The fourth-order valence-corrected chi connectivity index (χ4v) is 0.735. The molecule has 2 heteroatoms. The minimum atomic E-state index is 0.0602. The standard InChI is InChI=1S/C4H4O2/c5-2-1-3-4(2)6-3/h3-4H,1H2. The summed E-state index contributed by atoms with van der Waals surface area (Å²) in [6.07, 6.45) is 1.10. The number of epoxide rings is 1. The van der Waals surface area contributed by atoms with Crippen molar-refractivity contribution in [1.82, 2.24) is 0 Å². The van der Waals surface area contributed by atoms with Crippen LogP contribution < -0.4 is 0 Å². The summed E-state index contributed by atoms with van der Waals surface area (Å²) >= 11 is 0. The van der Waals surface area contributed by atoms with Crippen molar-refractivity contribution in [2.45, 2.75) is 18.6 Å². The van der Waals surface area contributed by atoms with E-state index in [1.807, 2.05) is 0 Å². The largest absolute Gasteiger partial charge is 0.361 e. The third kappa shape index (κ3) is 0.135. The molecule has 0 radical (unpaired) electrons. The molecule has 32 valence electrons. The molecular weight excluding hydrogens is 80.0 g/mol. The van der Waals surface area contributed by atoms with Crippen LogP contribution in [0.2, 0.25) is 0 Å². The van der Waals surface area contributed by atoms with Crippen LogP contribution in [0.5, 0.6) is 0 Å². The Bertz CT molecular complexity index is 108. The van der Waals surface area contributed by atoms with Crippen LogP contribution in [0.25, 0.3) is 0 Å². The van der Waals surface area contributed by atoms with Crippen molar-refractivity contribution in [3.63, 3.8) is 0 Å². The maximum Gasteiger partial charge on any atom is 0.166 e. The van der Waals surface area contributed by atoms with Crippen LogP contribution >= 0.6 is 0 Å². The molecule has 1 aliphatic carbocycles. The lowest BCUT2D eigenvalue weighted by atomic mass is 9.99. The quantitative estimate of drug-likeness (QED) is 0.378. The maximum atomic E-state index is 10.1. The highest BCUT2D eigenvalue weighted by atomic mass is 16.6. The molecule has 1 saturated carbocycles. The Morgan fingerprint density at radius 1 is 1.83 bits per heavy atom. The van der Waals surface area contributed by atoms with E-state index in [1.54, 1.807) is 0 Å². The second-order valence-corrected chi connectivity index (χ2v) is 1.77. The molecule has 2 fully saturated rings. The first-order chi connectivity index (χ1) is 2.88. The third-order valence-corrected chi connectivity index (χ3v) is 1.30. The maximum absolute atomic E-state index is 10.1. The SMILES string of the molecule is O=C1CC2OC12. The van der Waals surface area contributed by atoms with Gasteiger partial charge in [-0.05, 0) is 0 Å². The van der Waals surface area contributed by atoms with Crippen LogP contribution in [0.4, 0.5) is 0 Å². The van der Waals surface area contributed by atoms with Crippen LogP contribution in [-0.4, -0.2) is 18.0 Å². The summed E-state index contributed by atoms with van der Waals surface area (Å²) in [7, 11) is 0. The topological polar surface area (TPSA) is 29.6 Å². The molecule has 0 N–H and O–H groups in total. The van der Waals surface area contributed by atoms with Crippen molar-refractivity contribution >= 4 is 5.78 Å². The molecule has 2 nitrogen and oxygen atoms in total. The van der Waals surface area contributed by atoms with Gasteiger partial charge in [-0.25, -0.2) is 0 Å². The van der Waals surface area contributed by atoms with Crippen molar-refractivity contribution < 1.29 is 9.53 Å². The Kier molecular flexibility index (Phi) is 0.247. The molecule has 1 heterocycles. The summed E-state index contributed by atoms with van der Waals surface area (Å²) in [6.45, 7) is 0. The minimum Gasteiger partial charge on any atom is -0.361 e. The first kappa shape index (κ1) is 2.75. The van der Waals surface area contributed by atoms with Crippen LogP contribution in [-0.2, 0) is 9.53 Å². The summed E-state index contributed by atoms with van der Waals surface area (Å²) in [6, 6.07) is 0. The van der Waals surface area contributed by atoms with E-state index < -0.39 is 0 Å². The van der Waals surface area contributed by atoms with Crippen molar-refractivity contribution in [2.24, 2.45) is 0 Å². The van der Waals surface area contributed by atoms with Gasteiger partial charge in [0.1, 0.15) is 6.10 Å². The fourth-order valence-electron chi connectivity index (χ4n) is 0.735. The molecule has 1 aliphatic heterocycles. The first-order valence-corrected chi connectivity index (χ1v) is 2.06. The molecule has 1 saturated heterocycles. The van der Waals surface area contributed by atoms with Gasteiger partial charge in [-0.1, -0.05) is 0 Å². The highest BCUT2D eigenvalue weighted by molar-refractivity contribution is 5.93. The molecule has 6 heavy (non-hydrogen) atoms. The lowest BCUT2D eigenvalue weighted by Crippen LogP contribution is -2.22. The highest BCUT2D eigenvalue weighted by Gasteiger charge is 2.55. The Labute approximate surface area is 35.1 Å². The molecule has 2 unspecified atom stereocenters. The molecule has 2 atom stereocenters. The average Bonchev–Trinajstić information content (AvgIpc) is 2.12. The van der Waals surface area contributed by atoms with Crippen molar-refractivity contribution in [3.05, 3.63) is 0 Å². The summed E-state index contributed by atoms with van der Waals surface area (Å²) in [5.74, 6) is 0.292. The number of hydrogen-bond acceptors (Lipinski definition) is 2. The Balaban J connectivity index is 2.26. The molecule has 0 bridgehead atoms. The smallest absolute Gasteiger partial charge is 0.166 e. The van der Waals surface area contributed by atoms with E-state index in [1.165, 1.54) is 0 Å². The highest BCUT2D eigenvalue weighted by Crippen LogP contribution is 2.37. The average molecular weight is 84.1 g/mol. The van der Waals surface area contributed by atoms with Crippen molar-refractivity contribution in [3.8, 4) is 0 Å². The molecular formula is C4H4O2. The van der Waals surface area contributed by atoms with Crippen LogP contribution in [0, 0.1) is 0 Å². The van der Waals surface area contributed by atoms with E-state index in [0.717, 1.165) is 0 Å². The van der Waals surface area contributed by atoms with Gasteiger partial charge in [-0.15, -0.1) is 0 Å². The van der Waals surface area contributed by atoms with E-state index >= 15 is 0 Å². The summed E-state index contributed by atoms with van der Waals surface area (Å²) in [5, 5.41) is 0. The Morgan fingerprint density at radius 2 is 2.67 bits per heavy atom. The first-order valence-electron chi connectivity index (χ1n) is 2.06. The van der Waals surface area contributed by atoms with Gasteiger partial charge in [0.15, 0.2) is 5.78 Å². The molecule has 0 amide bonds. The molecule has 0 aromatic carbocycles. The van der Waals surface area contributed by atoms with Gasteiger partial charge < -0.3 is 4.74 Å². The summed E-state index contributed by atoms with van der Waals surface area (Å²) in [5.41, 5.74) is 0. The van der Waals surface area contributed by atoms with Gasteiger partial charge in [-0.2, -0.15) is 0 Å². The normalized spacial score (nSPS) is 50.3. The zero-order valence-electron chi connectivity index (χ0n) is 3.18. The number of ether oxygens (including phenoxy) is 1. The van der Waals surface area contributed by atoms with E-state index in [2.05, 4.69) is 0 Å². The Morgan fingerprint density at radius 3 is 2.67 bits per heavy atom. The molecule has 2 rings (SSSR count). The van der Waals surface area contributed by atoms with Gasteiger partial charge in [0.2, 0.25) is 0 Å². The number of carbonyl (C=O) groups excluding carboxylic acids is 1. The van der Waals surface area contributed by atoms with Gasteiger partial charge in [0.05, 0.1) is 6.10 Å². The van der Waals surface area contributed by atoms with Crippen LogP contribution in [0.1, 0.15) is 6.42 Å². The lowest BCUT2D eigenvalue weighted by Gasteiger charge is -1.97. The molecule has 0 aromatic rings. The number of carbonyl (C=O) groups is 1. The number of fused-ring (bicyclic) bond motifs is 1. The van der Waals surface area contributed by atoms with E-state index in [-0.39, 0.29) is 6.10 Å². The number of ketones is 1. The molecule has 0 aromatic heterocycles. The molecule has 0 spiro atoms. The van der Waals surface area contributed by atoms with Gasteiger partial charge in [0, 0.05) is 6.42 Å².